The van der Waals surface area contributed by atoms with Crippen LogP contribution >= 0.6 is 0 Å². The molecule has 2 bridgehead atoms. The maximum Gasteiger partial charge on any atom is 0.0624 e. The summed E-state index contributed by atoms with van der Waals surface area (Å²) in [7, 11) is 0. The van der Waals surface area contributed by atoms with E-state index in [0.717, 1.165) is 6.42 Å². The van der Waals surface area contributed by atoms with Crippen LogP contribution in [-0.4, -0.2) is 18.2 Å². The fourth-order valence-corrected chi connectivity index (χ4v) is 3.83. The number of benzene rings is 1. The molecular formula is C16H24N2O. The van der Waals surface area contributed by atoms with Crippen molar-refractivity contribution in [1.29, 1.82) is 0 Å². The minimum atomic E-state index is 0.329. The van der Waals surface area contributed by atoms with Crippen molar-refractivity contribution in [2.75, 3.05) is 0 Å². The molecule has 2 aliphatic rings. The van der Waals surface area contributed by atoms with Gasteiger partial charge in [0.15, 0.2) is 0 Å². The lowest BCUT2D eigenvalue weighted by Gasteiger charge is -2.29. The zero-order chi connectivity index (χ0) is 13.4. The van der Waals surface area contributed by atoms with Crippen molar-refractivity contribution in [3.8, 4) is 0 Å². The number of ether oxygens (including phenoxy) is 1. The molecule has 0 aromatic heterocycles. The van der Waals surface area contributed by atoms with Crippen molar-refractivity contribution in [2.45, 2.75) is 57.8 Å². The second-order valence-electron chi connectivity index (χ2n) is 6.12. The van der Waals surface area contributed by atoms with E-state index in [2.05, 4.69) is 37.5 Å². The van der Waals surface area contributed by atoms with Gasteiger partial charge in [-0.25, -0.2) is 0 Å². The molecule has 2 fully saturated rings. The van der Waals surface area contributed by atoms with Crippen LogP contribution in [0.5, 0.6) is 0 Å². The maximum absolute atomic E-state index is 5.97. The smallest absolute Gasteiger partial charge is 0.0624 e. The number of aryl methyl sites for hydroxylation is 2. The minimum absolute atomic E-state index is 0.329. The molecule has 2 aliphatic heterocycles. The normalized spacial score (nSPS) is 30.8. The zero-order valence-corrected chi connectivity index (χ0v) is 11.9. The average molecular weight is 260 g/mol. The van der Waals surface area contributed by atoms with E-state index in [1.165, 1.54) is 36.0 Å². The molecule has 4 atom stereocenters. The Labute approximate surface area is 115 Å². The molecule has 1 aromatic rings. The maximum atomic E-state index is 5.97. The van der Waals surface area contributed by atoms with Crippen molar-refractivity contribution >= 4 is 0 Å². The predicted octanol–water partition coefficient (Wildman–Crippen LogP) is 2.25. The van der Waals surface area contributed by atoms with Gasteiger partial charge in [-0.15, -0.1) is 0 Å². The summed E-state index contributed by atoms with van der Waals surface area (Å²) < 4.78 is 5.97. The largest absolute Gasteiger partial charge is 0.375 e. The van der Waals surface area contributed by atoms with E-state index in [-0.39, 0.29) is 0 Å². The Kier molecular flexibility index (Phi) is 3.61. The van der Waals surface area contributed by atoms with Gasteiger partial charge in [0.25, 0.3) is 0 Å². The van der Waals surface area contributed by atoms with E-state index in [4.69, 9.17) is 10.6 Å². The first-order valence-corrected chi connectivity index (χ1v) is 7.35. The van der Waals surface area contributed by atoms with E-state index >= 15 is 0 Å². The van der Waals surface area contributed by atoms with Gasteiger partial charge in [0.05, 0.1) is 12.2 Å². The molecule has 2 saturated heterocycles. The third-order valence-electron chi connectivity index (χ3n) is 4.95. The molecule has 0 radical (unpaired) electrons. The molecule has 0 spiro atoms. The van der Waals surface area contributed by atoms with Gasteiger partial charge in [-0.1, -0.05) is 18.2 Å². The van der Waals surface area contributed by atoms with Crippen LogP contribution in [0, 0.1) is 19.8 Å². The molecule has 19 heavy (non-hydrogen) atoms. The lowest BCUT2D eigenvalue weighted by atomic mass is 9.80. The first-order chi connectivity index (χ1) is 9.19. The Morgan fingerprint density at radius 3 is 2.58 bits per heavy atom. The van der Waals surface area contributed by atoms with E-state index in [0.29, 0.717) is 24.2 Å². The van der Waals surface area contributed by atoms with Crippen LogP contribution in [0.4, 0.5) is 0 Å². The van der Waals surface area contributed by atoms with Gasteiger partial charge >= 0.3 is 0 Å². The molecule has 104 valence electrons. The van der Waals surface area contributed by atoms with Crippen LogP contribution in [0.2, 0.25) is 0 Å². The molecule has 4 unspecified atom stereocenters. The van der Waals surface area contributed by atoms with Crippen molar-refractivity contribution in [3.05, 3.63) is 34.9 Å². The van der Waals surface area contributed by atoms with E-state index in [1.807, 2.05) is 0 Å². The van der Waals surface area contributed by atoms with Crippen LogP contribution in [0.3, 0.4) is 0 Å². The van der Waals surface area contributed by atoms with Crippen LogP contribution in [0.25, 0.3) is 0 Å². The first kappa shape index (κ1) is 13.1. The van der Waals surface area contributed by atoms with E-state index in [9.17, 15) is 0 Å². The summed E-state index contributed by atoms with van der Waals surface area (Å²) in [5.74, 6) is 6.40. The third kappa shape index (κ3) is 2.42. The summed E-state index contributed by atoms with van der Waals surface area (Å²) in [5.41, 5.74) is 7.22. The summed E-state index contributed by atoms with van der Waals surface area (Å²) in [4.78, 5) is 0. The molecule has 3 rings (SSSR count). The summed E-state index contributed by atoms with van der Waals surface area (Å²) in [5, 5.41) is 0. The van der Waals surface area contributed by atoms with Crippen molar-refractivity contribution in [2.24, 2.45) is 11.8 Å². The van der Waals surface area contributed by atoms with Crippen LogP contribution < -0.4 is 11.3 Å². The zero-order valence-electron chi connectivity index (χ0n) is 11.9. The molecule has 3 nitrogen and oxygen atoms in total. The molecule has 0 saturated carbocycles. The standard InChI is InChI=1S/C16H24N2O/c1-10-4-3-5-11(2)13(10)9-15(18-17)14-8-12-6-7-16(14)19-12/h3-5,12,14-16,18H,6-9,17H2,1-2H3. The number of rotatable bonds is 4. The quantitative estimate of drug-likeness (QED) is 0.645. The highest BCUT2D eigenvalue weighted by Crippen LogP contribution is 2.41. The lowest BCUT2D eigenvalue weighted by Crippen LogP contribution is -2.46. The minimum Gasteiger partial charge on any atom is -0.375 e. The lowest BCUT2D eigenvalue weighted by molar-refractivity contribution is 0.0857. The summed E-state index contributed by atoms with van der Waals surface area (Å²) in [6.07, 6.45) is 5.54. The fourth-order valence-electron chi connectivity index (χ4n) is 3.83. The SMILES string of the molecule is Cc1cccc(C)c1CC(NN)C1CC2CCC1O2. The molecule has 0 aliphatic carbocycles. The number of hydrogen-bond acceptors (Lipinski definition) is 3. The molecule has 1 aromatic carbocycles. The van der Waals surface area contributed by atoms with Gasteiger partial charge in [-0.3, -0.25) is 11.3 Å². The van der Waals surface area contributed by atoms with Crippen LogP contribution in [-0.2, 0) is 11.2 Å². The number of hydrazine groups is 1. The predicted molar refractivity (Wildman–Crippen MR) is 76.7 cm³/mol. The fraction of sp³-hybridized carbons (Fsp3) is 0.625. The highest BCUT2D eigenvalue weighted by Gasteiger charge is 2.44. The molecule has 3 heteroatoms. The number of hydrogen-bond donors (Lipinski definition) is 2. The topological polar surface area (TPSA) is 47.3 Å². The van der Waals surface area contributed by atoms with Gasteiger partial charge in [0.1, 0.15) is 0 Å². The summed E-state index contributed by atoms with van der Waals surface area (Å²) >= 11 is 0. The second kappa shape index (κ2) is 5.23. The van der Waals surface area contributed by atoms with Gasteiger partial charge in [0.2, 0.25) is 0 Å². The number of fused-ring (bicyclic) bond motifs is 2. The molecule has 2 heterocycles. The Bertz CT molecular complexity index is 440. The second-order valence-corrected chi connectivity index (χ2v) is 6.12. The molecular weight excluding hydrogens is 236 g/mol. The monoisotopic (exact) mass is 260 g/mol. The number of nitrogens with one attached hydrogen (secondary N) is 1. The van der Waals surface area contributed by atoms with E-state index < -0.39 is 0 Å². The van der Waals surface area contributed by atoms with Gasteiger partial charge in [-0.2, -0.15) is 0 Å². The highest BCUT2D eigenvalue weighted by atomic mass is 16.5. The van der Waals surface area contributed by atoms with Gasteiger partial charge in [0, 0.05) is 12.0 Å². The molecule has 0 amide bonds. The van der Waals surface area contributed by atoms with Crippen LogP contribution in [0.15, 0.2) is 18.2 Å². The summed E-state index contributed by atoms with van der Waals surface area (Å²) in [6, 6.07) is 6.83. The van der Waals surface area contributed by atoms with E-state index in [1.54, 1.807) is 0 Å². The molecule has 3 N–H and O–H groups in total. The average Bonchev–Trinajstić information content (AvgIpc) is 3.01. The Morgan fingerprint density at radius 1 is 1.32 bits per heavy atom. The third-order valence-corrected chi connectivity index (χ3v) is 4.95. The van der Waals surface area contributed by atoms with Crippen molar-refractivity contribution in [1.82, 2.24) is 5.43 Å². The highest BCUT2D eigenvalue weighted by molar-refractivity contribution is 5.34. The Hall–Kier alpha value is -0.900. The first-order valence-electron chi connectivity index (χ1n) is 7.35. The Balaban J connectivity index is 1.77. The number of nitrogens with two attached hydrogens (primary N) is 1. The summed E-state index contributed by atoms with van der Waals surface area (Å²) in [6.45, 7) is 4.38. The van der Waals surface area contributed by atoms with Gasteiger partial charge in [-0.05, 0) is 56.2 Å². The Morgan fingerprint density at radius 2 is 2.05 bits per heavy atom. The van der Waals surface area contributed by atoms with Crippen molar-refractivity contribution in [3.63, 3.8) is 0 Å². The van der Waals surface area contributed by atoms with Crippen molar-refractivity contribution < 1.29 is 4.74 Å². The van der Waals surface area contributed by atoms with Crippen LogP contribution in [0.1, 0.15) is 36.0 Å². The van der Waals surface area contributed by atoms with Gasteiger partial charge < -0.3 is 4.74 Å².